The Kier molecular flexibility index (Phi) is 10.2. The highest BCUT2D eigenvalue weighted by Crippen LogP contribution is 2.24. The number of aromatic nitrogens is 2. The van der Waals surface area contributed by atoms with E-state index in [2.05, 4.69) is 60.0 Å². The Balaban J connectivity index is 0.00000176. The second kappa shape index (κ2) is 12.2. The summed E-state index contributed by atoms with van der Waals surface area (Å²) in [5.74, 6) is 0.948. The van der Waals surface area contributed by atoms with E-state index in [0.29, 0.717) is 6.04 Å². The summed E-state index contributed by atoms with van der Waals surface area (Å²) >= 11 is 0. The number of anilines is 1. The average Bonchev–Trinajstić information content (AvgIpc) is 3.06. The van der Waals surface area contributed by atoms with Gasteiger partial charge in [-0.25, -0.2) is 4.98 Å². The number of nitrogens with zero attached hydrogens (tertiary/aromatic N) is 1. The molecule has 2 heterocycles. The van der Waals surface area contributed by atoms with Crippen molar-refractivity contribution < 1.29 is 0 Å². The molecule has 0 radical (unpaired) electrons. The van der Waals surface area contributed by atoms with Crippen molar-refractivity contribution in [3.8, 4) is 0 Å². The Bertz CT molecular complexity index is 759. The van der Waals surface area contributed by atoms with Gasteiger partial charge in [0.05, 0.1) is 5.52 Å². The molecule has 0 saturated carbocycles. The second-order valence-corrected chi connectivity index (χ2v) is 6.70. The predicted octanol–water partition coefficient (Wildman–Crippen LogP) is 7.51. The molecule has 27 heavy (non-hydrogen) atoms. The quantitative estimate of drug-likeness (QED) is 0.450. The molecule has 0 aliphatic carbocycles. The lowest BCUT2D eigenvalue weighted by Gasteiger charge is -2.17. The number of H-pyrrole nitrogens is 1. The zero-order chi connectivity index (χ0) is 20.2. The zero-order valence-corrected chi connectivity index (χ0v) is 18.0. The lowest BCUT2D eigenvalue weighted by atomic mass is 10.1. The van der Waals surface area contributed by atoms with E-state index in [9.17, 15) is 0 Å². The molecule has 3 heteroatoms. The fourth-order valence-corrected chi connectivity index (χ4v) is 3.12. The molecule has 0 fully saturated rings. The number of allylic oxidation sites excluding steroid dienone is 5. The van der Waals surface area contributed by atoms with Gasteiger partial charge in [0.15, 0.2) is 0 Å². The summed E-state index contributed by atoms with van der Waals surface area (Å²) in [4.78, 5) is 8.13. The van der Waals surface area contributed by atoms with Crippen molar-refractivity contribution in [1.82, 2.24) is 9.97 Å². The first kappa shape index (κ1) is 22.8. The highest BCUT2D eigenvalue weighted by Gasteiger charge is 2.09. The van der Waals surface area contributed by atoms with Crippen LogP contribution in [-0.2, 0) is 0 Å². The highest BCUT2D eigenvalue weighted by atomic mass is 15.0. The molecular weight excluding hydrogens is 330 g/mol. The normalized spacial score (nSPS) is 11.7. The fourth-order valence-electron chi connectivity index (χ4n) is 3.12. The lowest BCUT2D eigenvalue weighted by molar-refractivity contribution is 0.584. The summed E-state index contributed by atoms with van der Waals surface area (Å²) in [6.45, 7) is 16.5. The molecule has 0 unspecified atom stereocenters. The van der Waals surface area contributed by atoms with Crippen molar-refractivity contribution >= 4 is 22.3 Å². The molecule has 0 amide bonds. The van der Waals surface area contributed by atoms with Crippen molar-refractivity contribution in [2.45, 2.75) is 73.3 Å². The Labute approximate surface area is 165 Å². The van der Waals surface area contributed by atoms with E-state index < -0.39 is 0 Å². The first-order valence-corrected chi connectivity index (χ1v) is 10.3. The largest absolute Gasteiger partial charge is 0.367 e. The molecule has 0 bridgehead atoms. The van der Waals surface area contributed by atoms with E-state index >= 15 is 0 Å². The van der Waals surface area contributed by atoms with Crippen LogP contribution in [0, 0.1) is 0 Å². The molecule has 0 spiro atoms. The van der Waals surface area contributed by atoms with E-state index in [1.165, 1.54) is 25.7 Å². The molecule has 2 aromatic rings. The van der Waals surface area contributed by atoms with E-state index in [1.807, 2.05) is 40.0 Å². The third kappa shape index (κ3) is 7.09. The minimum atomic E-state index is 0.497. The van der Waals surface area contributed by atoms with Gasteiger partial charge >= 0.3 is 0 Å². The minimum Gasteiger partial charge on any atom is -0.367 e. The van der Waals surface area contributed by atoms with Crippen LogP contribution < -0.4 is 5.32 Å². The Morgan fingerprint density at radius 3 is 2.44 bits per heavy atom. The predicted molar refractivity (Wildman–Crippen MR) is 122 cm³/mol. The highest BCUT2D eigenvalue weighted by molar-refractivity contribution is 5.88. The topological polar surface area (TPSA) is 40.7 Å². The van der Waals surface area contributed by atoms with Crippen LogP contribution in [0.1, 0.15) is 72.9 Å². The van der Waals surface area contributed by atoms with Gasteiger partial charge in [-0.15, -0.1) is 0 Å². The number of pyridine rings is 1. The van der Waals surface area contributed by atoms with Crippen LogP contribution in [0.4, 0.5) is 5.82 Å². The molecule has 2 aromatic heterocycles. The van der Waals surface area contributed by atoms with Gasteiger partial charge in [-0.2, -0.15) is 0 Å². The summed E-state index contributed by atoms with van der Waals surface area (Å²) in [5.41, 5.74) is 4.37. The molecule has 148 valence electrons. The van der Waals surface area contributed by atoms with Gasteiger partial charge in [0, 0.05) is 29.4 Å². The Morgan fingerprint density at radius 2 is 1.89 bits per heavy atom. The number of nitrogens with one attached hydrogen (secondary N) is 2. The minimum absolute atomic E-state index is 0.497. The van der Waals surface area contributed by atoms with Gasteiger partial charge in [0.25, 0.3) is 0 Å². The molecule has 0 aliphatic heterocycles. The molecule has 0 saturated heterocycles. The monoisotopic (exact) mass is 367 g/mol. The van der Waals surface area contributed by atoms with Crippen LogP contribution >= 0.6 is 0 Å². The van der Waals surface area contributed by atoms with Crippen molar-refractivity contribution in [3.05, 3.63) is 54.4 Å². The number of fused-ring (bicyclic) bond motifs is 1. The van der Waals surface area contributed by atoms with Gasteiger partial charge in [-0.3, -0.25) is 0 Å². The van der Waals surface area contributed by atoms with Crippen LogP contribution in [0.2, 0.25) is 0 Å². The third-order valence-corrected chi connectivity index (χ3v) is 4.19. The van der Waals surface area contributed by atoms with Crippen molar-refractivity contribution in [1.29, 1.82) is 0 Å². The Hall–Kier alpha value is -2.29. The fraction of sp³-hybridized carbons (Fsp3) is 0.458. The SMILES string of the molecule is C=C(C)/C=C(\C=C/C)c1cc2cnc(NC(CCC)CCC)cc2[nH]1.CC. The second-order valence-electron chi connectivity index (χ2n) is 6.70. The molecular formula is C24H37N3. The molecule has 3 nitrogen and oxygen atoms in total. The first-order valence-electron chi connectivity index (χ1n) is 10.3. The molecule has 2 rings (SSSR count). The van der Waals surface area contributed by atoms with Crippen LogP contribution in [0.25, 0.3) is 16.5 Å². The van der Waals surface area contributed by atoms with Gasteiger partial charge < -0.3 is 10.3 Å². The van der Waals surface area contributed by atoms with E-state index in [4.69, 9.17) is 0 Å². The van der Waals surface area contributed by atoms with Crippen LogP contribution in [-0.4, -0.2) is 16.0 Å². The van der Waals surface area contributed by atoms with Gasteiger partial charge in [0.1, 0.15) is 5.82 Å². The van der Waals surface area contributed by atoms with Crippen molar-refractivity contribution in [2.24, 2.45) is 0 Å². The van der Waals surface area contributed by atoms with Gasteiger partial charge in [-0.05, 0) is 38.3 Å². The number of rotatable bonds is 9. The molecule has 0 atom stereocenters. The van der Waals surface area contributed by atoms with Crippen LogP contribution in [0.15, 0.2) is 48.7 Å². The molecule has 0 aliphatic rings. The maximum absolute atomic E-state index is 4.60. The number of aromatic amines is 1. The summed E-state index contributed by atoms with van der Waals surface area (Å²) < 4.78 is 0. The van der Waals surface area contributed by atoms with Crippen molar-refractivity contribution in [2.75, 3.05) is 5.32 Å². The zero-order valence-electron chi connectivity index (χ0n) is 18.0. The maximum atomic E-state index is 4.60. The third-order valence-electron chi connectivity index (χ3n) is 4.19. The summed E-state index contributed by atoms with van der Waals surface area (Å²) in [6, 6.07) is 4.76. The number of hydrogen-bond acceptors (Lipinski definition) is 2. The molecule has 2 N–H and O–H groups in total. The van der Waals surface area contributed by atoms with E-state index in [0.717, 1.165) is 33.6 Å². The van der Waals surface area contributed by atoms with E-state index in [1.54, 1.807) is 0 Å². The van der Waals surface area contributed by atoms with Gasteiger partial charge in [0.2, 0.25) is 0 Å². The van der Waals surface area contributed by atoms with Crippen molar-refractivity contribution in [3.63, 3.8) is 0 Å². The van der Waals surface area contributed by atoms with Crippen LogP contribution in [0.3, 0.4) is 0 Å². The van der Waals surface area contributed by atoms with Crippen LogP contribution in [0.5, 0.6) is 0 Å². The maximum Gasteiger partial charge on any atom is 0.128 e. The smallest absolute Gasteiger partial charge is 0.128 e. The summed E-state index contributed by atoms with van der Waals surface area (Å²) in [7, 11) is 0. The Morgan fingerprint density at radius 1 is 1.22 bits per heavy atom. The average molecular weight is 368 g/mol. The first-order chi connectivity index (χ1) is 13.1. The van der Waals surface area contributed by atoms with Gasteiger partial charge in [-0.1, -0.05) is 70.9 Å². The molecule has 0 aromatic carbocycles. The lowest BCUT2D eigenvalue weighted by Crippen LogP contribution is -2.19. The summed E-state index contributed by atoms with van der Waals surface area (Å²) in [6.07, 6.45) is 12.9. The number of hydrogen-bond donors (Lipinski definition) is 2. The van der Waals surface area contributed by atoms with E-state index in [-0.39, 0.29) is 0 Å². The summed E-state index contributed by atoms with van der Waals surface area (Å²) in [5, 5.41) is 4.72. The standard InChI is InChI=1S/C22H31N3.C2H6/c1-6-9-17(12-16(4)5)20-13-18-15-23-22(14-21(18)25-20)24-19(10-7-2)11-8-3;1-2/h6,9,12-15,19,25H,4,7-8,10-11H2,1-3,5H3,(H,23,24);1-2H3/b9-6-,17-12+;.